The molecule has 6 heteroatoms. The zero-order chi connectivity index (χ0) is 14.5. The molecule has 2 rings (SSSR count). The standard InChI is InChI=1S/C14H12BrNO3S/c1-19-13(17)8-16-14(18)10-5-4-9(15)7-11(10)12-3-2-6-20-12/h2-7H,8H2,1H3,(H,16,18). The average molecular weight is 354 g/mol. The van der Waals surface area contributed by atoms with Gasteiger partial charge in [-0.2, -0.15) is 0 Å². The van der Waals surface area contributed by atoms with Crippen molar-refractivity contribution in [3.63, 3.8) is 0 Å². The highest BCUT2D eigenvalue weighted by Gasteiger charge is 2.15. The van der Waals surface area contributed by atoms with Crippen molar-refractivity contribution in [3.05, 3.63) is 45.7 Å². The second kappa shape index (κ2) is 6.67. The number of hydrogen-bond acceptors (Lipinski definition) is 4. The van der Waals surface area contributed by atoms with Crippen LogP contribution in [0, 0.1) is 0 Å². The van der Waals surface area contributed by atoms with Crippen LogP contribution in [0.3, 0.4) is 0 Å². The van der Waals surface area contributed by atoms with Gasteiger partial charge in [0.05, 0.1) is 7.11 Å². The van der Waals surface area contributed by atoms with Crippen molar-refractivity contribution >= 4 is 39.1 Å². The number of amides is 1. The zero-order valence-electron chi connectivity index (χ0n) is 10.7. The first kappa shape index (κ1) is 14.7. The molecule has 0 atom stereocenters. The van der Waals surface area contributed by atoms with Crippen molar-refractivity contribution in [1.29, 1.82) is 0 Å². The first-order valence-electron chi connectivity index (χ1n) is 5.80. The Balaban J connectivity index is 2.27. The molecule has 1 amide bonds. The average Bonchev–Trinajstić information content (AvgIpc) is 2.98. The normalized spacial score (nSPS) is 10.1. The Bertz CT molecular complexity index is 625. The topological polar surface area (TPSA) is 55.4 Å². The molecule has 0 saturated carbocycles. The SMILES string of the molecule is COC(=O)CNC(=O)c1ccc(Br)cc1-c1cccs1. The highest BCUT2D eigenvalue weighted by molar-refractivity contribution is 9.10. The fraction of sp³-hybridized carbons (Fsp3) is 0.143. The van der Waals surface area contributed by atoms with Crippen molar-refractivity contribution in [2.45, 2.75) is 0 Å². The monoisotopic (exact) mass is 353 g/mol. The van der Waals surface area contributed by atoms with Gasteiger partial charge in [-0.05, 0) is 29.6 Å². The number of methoxy groups -OCH3 is 1. The van der Waals surface area contributed by atoms with Gasteiger partial charge in [-0.15, -0.1) is 11.3 Å². The van der Waals surface area contributed by atoms with Gasteiger partial charge in [0.15, 0.2) is 0 Å². The van der Waals surface area contributed by atoms with Gasteiger partial charge in [-0.1, -0.05) is 22.0 Å². The molecule has 0 spiro atoms. The summed E-state index contributed by atoms with van der Waals surface area (Å²) in [6, 6.07) is 9.29. The van der Waals surface area contributed by atoms with E-state index in [9.17, 15) is 9.59 Å². The maximum Gasteiger partial charge on any atom is 0.325 e. The molecular weight excluding hydrogens is 342 g/mol. The van der Waals surface area contributed by atoms with Gasteiger partial charge in [0.25, 0.3) is 5.91 Å². The van der Waals surface area contributed by atoms with E-state index in [1.807, 2.05) is 23.6 Å². The van der Waals surface area contributed by atoms with E-state index in [2.05, 4.69) is 26.0 Å². The van der Waals surface area contributed by atoms with Crippen molar-refractivity contribution in [2.24, 2.45) is 0 Å². The number of halogens is 1. The number of nitrogens with one attached hydrogen (secondary N) is 1. The van der Waals surface area contributed by atoms with Crippen LogP contribution in [-0.2, 0) is 9.53 Å². The van der Waals surface area contributed by atoms with Crippen LogP contribution in [0.4, 0.5) is 0 Å². The molecule has 4 nitrogen and oxygen atoms in total. The molecule has 0 aliphatic rings. The molecule has 0 aliphatic heterocycles. The van der Waals surface area contributed by atoms with Crippen LogP contribution in [0.1, 0.15) is 10.4 Å². The van der Waals surface area contributed by atoms with E-state index in [0.717, 1.165) is 14.9 Å². The van der Waals surface area contributed by atoms with E-state index in [1.54, 1.807) is 23.5 Å². The summed E-state index contributed by atoms with van der Waals surface area (Å²) in [5.74, 6) is -0.778. The number of benzene rings is 1. The zero-order valence-corrected chi connectivity index (χ0v) is 13.1. The molecule has 1 N–H and O–H groups in total. The first-order valence-corrected chi connectivity index (χ1v) is 7.47. The Kier molecular flexibility index (Phi) is 4.92. The van der Waals surface area contributed by atoms with Gasteiger partial charge in [-0.25, -0.2) is 0 Å². The summed E-state index contributed by atoms with van der Waals surface area (Å²) in [6.07, 6.45) is 0. The van der Waals surface area contributed by atoms with Crippen LogP contribution in [0.5, 0.6) is 0 Å². The third-order valence-electron chi connectivity index (χ3n) is 2.63. The van der Waals surface area contributed by atoms with Gasteiger partial charge in [0.1, 0.15) is 6.54 Å². The van der Waals surface area contributed by atoms with Crippen molar-refractivity contribution in [3.8, 4) is 10.4 Å². The molecule has 0 saturated heterocycles. The van der Waals surface area contributed by atoms with Crippen LogP contribution in [-0.4, -0.2) is 25.5 Å². The largest absolute Gasteiger partial charge is 0.468 e. The molecule has 0 unspecified atom stereocenters. The van der Waals surface area contributed by atoms with Gasteiger partial charge in [0, 0.05) is 20.5 Å². The highest BCUT2D eigenvalue weighted by Crippen LogP contribution is 2.30. The predicted octanol–water partition coefficient (Wildman–Crippen LogP) is 3.08. The van der Waals surface area contributed by atoms with E-state index in [1.165, 1.54) is 7.11 Å². The van der Waals surface area contributed by atoms with E-state index >= 15 is 0 Å². The lowest BCUT2D eigenvalue weighted by molar-refractivity contribution is -0.139. The molecule has 0 aliphatic carbocycles. The fourth-order valence-corrected chi connectivity index (χ4v) is 2.79. The smallest absolute Gasteiger partial charge is 0.325 e. The van der Waals surface area contributed by atoms with E-state index in [-0.39, 0.29) is 12.5 Å². The fourth-order valence-electron chi connectivity index (χ4n) is 1.67. The van der Waals surface area contributed by atoms with Crippen LogP contribution in [0.25, 0.3) is 10.4 Å². The predicted molar refractivity (Wildman–Crippen MR) is 81.8 cm³/mol. The second-order valence-corrected chi connectivity index (χ2v) is 5.79. The lowest BCUT2D eigenvalue weighted by Gasteiger charge is -2.09. The van der Waals surface area contributed by atoms with Gasteiger partial charge in [0.2, 0.25) is 0 Å². The molecule has 0 bridgehead atoms. The number of hydrogen-bond donors (Lipinski definition) is 1. The Morgan fingerprint density at radius 3 is 2.80 bits per heavy atom. The maximum absolute atomic E-state index is 12.2. The molecule has 1 aromatic heterocycles. The van der Waals surface area contributed by atoms with E-state index < -0.39 is 5.97 Å². The number of carbonyl (C=O) groups excluding carboxylic acids is 2. The van der Waals surface area contributed by atoms with E-state index in [4.69, 9.17) is 0 Å². The third-order valence-corrected chi connectivity index (χ3v) is 4.03. The number of ether oxygens (including phenoxy) is 1. The molecule has 1 heterocycles. The summed E-state index contributed by atoms with van der Waals surface area (Å²) in [7, 11) is 1.28. The summed E-state index contributed by atoms with van der Waals surface area (Å²) >= 11 is 4.96. The summed E-state index contributed by atoms with van der Waals surface area (Å²) < 4.78 is 5.39. The van der Waals surface area contributed by atoms with Gasteiger partial charge in [-0.3, -0.25) is 9.59 Å². The number of esters is 1. The van der Waals surface area contributed by atoms with Crippen molar-refractivity contribution < 1.29 is 14.3 Å². The molecule has 104 valence electrons. The van der Waals surface area contributed by atoms with Crippen LogP contribution in [0.2, 0.25) is 0 Å². The number of rotatable bonds is 4. The minimum Gasteiger partial charge on any atom is -0.468 e. The maximum atomic E-state index is 12.2. The molecule has 20 heavy (non-hydrogen) atoms. The van der Waals surface area contributed by atoms with Gasteiger partial charge >= 0.3 is 5.97 Å². The Morgan fingerprint density at radius 2 is 2.15 bits per heavy atom. The summed E-state index contributed by atoms with van der Waals surface area (Å²) in [5, 5.41) is 4.50. The molecule has 0 radical (unpaired) electrons. The molecule has 0 fully saturated rings. The van der Waals surface area contributed by atoms with Crippen molar-refractivity contribution in [2.75, 3.05) is 13.7 Å². The molecule has 1 aromatic carbocycles. The quantitative estimate of drug-likeness (QED) is 0.859. The summed E-state index contributed by atoms with van der Waals surface area (Å²) in [5.41, 5.74) is 1.36. The summed E-state index contributed by atoms with van der Waals surface area (Å²) in [4.78, 5) is 24.2. The van der Waals surface area contributed by atoms with Crippen LogP contribution >= 0.6 is 27.3 Å². The Labute approximate surface area is 128 Å². The summed E-state index contributed by atoms with van der Waals surface area (Å²) in [6.45, 7) is -0.144. The Morgan fingerprint density at radius 1 is 1.35 bits per heavy atom. The van der Waals surface area contributed by atoms with Gasteiger partial charge < -0.3 is 10.1 Å². The molecular formula is C14H12BrNO3S. The first-order chi connectivity index (χ1) is 9.61. The number of carbonyl (C=O) groups is 2. The minimum atomic E-state index is -0.479. The van der Waals surface area contributed by atoms with Crippen LogP contribution in [0.15, 0.2) is 40.2 Å². The lowest BCUT2D eigenvalue weighted by atomic mass is 10.1. The molecule has 2 aromatic rings. The van der Waals surface area contributed by atoms with Crippen LogP contribution < -0.4 is 5.32 Å². The Hall–Kier alpha value is -1.66. The third kappa shape index (κ3) is 3.46. The second-order valence-electron chi connectivity index (χ2n) is 3.93. The minimum absolute atomic E-state index is 0.144. The van der Waals surface area contributed by atoms with E-state index in [0.29, 0.717) is 5.56 Å². The highest BCUT2D eigenvalue weighted by atomic mass is 79.9. The number of thiophene rings is 1. The van der Waals surface area contributed by atoms with Crippen molar-refractivity contribution in [1.82, 2.24) is 5.32 Å². The lowest BCUT2D eigenvalue weighted by Crippen LogP contribution is -2.30.